The van der Waals surface area contributed by atoms with Gasteiger partial charge in [-0.2, -0.15) is 0 Å². The molecule has 0 radical (unpaired) electrons. The molecule has 0 unspecified atom stereocenters. The van der Waals surface area contributed by atoms with Crippen molar-refractivity contribution >= 4 is 39.3 Å². The Bertz CT molecular complexity index is 2430. The van der Waals surface area contributed by atoms with Crippen LogP contribution in [0.25, 0.3) is 44.3 Å². The number of β-amino-alcohol motifs (C(OH)–C–C–N with tert-alkyl or cyclic N) is 1. The fraction of sp³-hybridized carbons (Fsp3) is 0.333. The Morgan fingerprint density at radius 2 is 1.69 bits per heavy atom. The SMILES string of the molecule is Cc1c(Nc2nccc3cc(CN4CC[C@@H](O)C4)cnc23)cccc1-c1cccc(-c2cc3c(=O)n(CCN4CCC(C(=O)O)CC4)cc(F)c3o2)c1C. The molecule has 6 heterocycles. The first-order valence-electron chi connectivity index (χ1n) is 18.5. The molecule has 8 rings (SSSR count). The Morgan fingerprint density at radius 1 is 0.944 bits per heavy atom. The molecule has 2 aliphatic rings. The van der Waals surface area contributed by atoms with Crippen LogP contribution in [0, 0.1) is 25.6 Å². The number of carboxylic acids is 1. The zero-order valence-electron chi connectivity index (χ0n) is 30.4. The highest BCUT2D eigenvalue weighted by Crippen LogP contribution is 2.38. The van der Waals surface area contributed by atoms with Gasteiger partial charge in [-0.05, 0) is 98.3 Å². The maximum absolute atomic E-state index is 15.4. The van der Waals surface area contributed by atoms with E-state index in [1.165, 1.54) is 10.8 Å². The molecule has 6 aromatic rings. The quantitative estimate of drug-likeness (QED) is 0.139. The minimum atomic E-state index is -0.770. The Kier molecular flexibility index (Phi) is 9.74. The van der Waals surface area contributed by atoms with E-state index in [9.17, 15) is 19.8 Å². The summed E-state index contributed by atoms with van der Waals surface area (Å²) < 4.78 is 22.9. The van der Waals surface area contributed by atoms with E-state index in [2.05, 4.69) is 39.2 Å². The number of aliphatic hydroxyl groups is 1. The number of halogens is 1. The van der Waals surface area contributed by atoms with Crippen molar-refractivity contribution in [1.82, 2.24) is 24.3 Å². The van der Waals surface area contributed by atoms with Gasteiger partial charge in [0.1, 0.15) is 11.3 Å². The number of aliphatic hydroxyl groups excluding tert-OH is 1. The van der Waals surface area contributed by atoms with E-state index >= 15 is 4.39 Å². The second-order valence-corrected chi connectivity index (χ2v) is 14.6. The van der Waals surface area contributed by atoms with E-state index in [0.29, 0.717) is 50.6 Å². The van der Waals surface area contributed by atoms with Crippen LogP contribution in [-0.2, 0) is 17.9 Å². The number of fused-ring (bicyclic) bond motifs is 2. The van der Waals surface area contributed by atoms with Crippen LogP contribution in [0.1, 0.15) is 36.0 Å². The lowest BCUT2D eigenvalue weighted by Crippen LogP contribution is -2.39. The molecule has 278 valence electrons. The summed E-state index contributed by atoms with van der Waals surface area (Å²) in [5.74, 6) is -0.654. The van der Waals surface area contributed by atoms with Crippen molar-refractivity contribution in [2.75, 3.05) is 38.0 Å². The molecule has 0 spiro atoms. The molecule has 0 aliphatic carbocycles. The summed E-state index contributed by atoms with van der Waals surface area (Å²) in [4.78, 5) is 38.6. The Hall–Kier alpha value is -5.43. The molecule has 1 atom stereocenters. The van der Waals surface area contributed by atoms with Crippen LogP contribution < -0.4 is 10.9 Å². The maximum atomic E-state index is 15.4. The molecule has 2 saturated heterocycles. The molecular weight excluding hydrogens is 687 g/mol. The fourth-order valence-corrected chi connectivity index (χ4v) is 7.97. The fourth-order valence-electron chi connectivity index (χ4n) is 7.97. The second kappa shape index (κ2) is 14.8. The van der Waals surface area contributed by atoms with Gasteiger partial charge in [-0.15, -0.1) is 0 Å². The van der Waals surface area contributed by atoms with Crippen molar-refractivity contribution in [1.29, 1.82) is 0 Å². The van der Waals surface area contributed by atoms with Crippen molar-refractivity contribution in [3.8, 4) is 22.5 Å². The van der Waals surface area contributed by atoms with Gasteiger partial charge < -0.3 is 29.4 Å². The summed E-state index contributed by atoms with van der Waals surface area (Å²) in [7, 11) is 0. The van der Waals surface area contributed by atoms with E-state index in [0.717, 1.165) is 69.5 Å². The third-order valence-corrected chi connectivity index (χ3v) is 11.1. The van der Waals surface area contributed by atoms with Crippen LogP contribution >= 0.6 is 0 Å². The third-order valence-electron chi connectivity index (χ3n) is 11.1. The van der Waals surface area contributed by atoms with Gasteiger partial charge in [-0.3, -0.25) is 19.5 Å². The molecule has 2 fully saturated rings. The van der Waals surface area contributed by atoms with Crippen molar-refractivity contribution in [3.63, 3.8) is 0 Å². The molecule has 0 bridgehead atoms. The number of nitrogens with zero attached hydrogens (tertiary/aromatic N) is 5. The lowest BCUT2D eigenvalue weighted by Gasteiger charge is -2.30. The molecule has 0 amide bonds. The molecule has 54 heavy (non-hydrogen) atoms. The summed E-state index contributed by atoms with van der Waals surface area (Å²) in [5, 5.41) is 23.9. The van der Waals surface area contributed by atoms with Gasteiger partial charge >= 0.3 is 5.97 Å². The molecular formula is C42H43FN6O5. The summed E-state index contributed by atoms with van der Waals surface area (Å²) in [6, 6.07) is 17.7. The molecule has 12 heteroatoms. The van der Waals surface area contributed by atoms with Crippen molar-refractivity contribution in [3.05, 3.63) is 106 Å². The number of furan rings is 1. The number of piperidine rings is 1. The van der Waals surface area contributed by atoms with Gasteiger partial charge in [0.25, 0.3) is 5.56 Å². The van der Waals surface area contributed by atoms with Crippen LogP contribution in [0.4, 0.5) is 15.9 Å². The minimum Gasteiger partial charge on any atom is -0.481 e. The van der Waals surface area contributed by atoms with Crippen molar-refractivity contribution in [2.45, 2.75) is 52.3 Å². The van der Waals surface area contributed by atoms with Crippen LogP contribution in [0.3, 0.4) is 0 Å². The highest BCUT2D eigenvalue weighted by molar-refractivity contribution is 5.91. The van der Waals surface area contributed by atoms with Crippen LogP contribution in [0.2, 0.25) is 0 Å². The van der Waals surface area contributed by atoms with Gasteiger partial charge in [0.15, 0.2) is 17.2 Å². The Labute approximate surface area is 311 Å². The van der Waals surface area contributed by atoms with Crippen LogP contribution in [0.5, 0.6) is 0 Å². The van der Waals surface area contributed by atoms with Gasteiger partial charge in [0.2, 0.25) is 0 Å². The number of aliphatic carboxylic acids is 1. The van der Waals surface area contributed by atoms with E-state index in [1.807, 2.05) is 49.5 Å². The van der Waals surface area contributed by atoms with E-state index in [1.54, 1.807) is 12.3 Å². The maximum Gasteiger partial charge on any atom is 0.306 e. The first-order valence-corrected chi connectivity index (χ1v) is 18.5. The van der Waals surface area contributed by atoms with E-state index in [4.69, 9.17) is 9.40 Å². The standard InChI is InChI=1S/C42H43FN6O5/c1-25-31(32-6-4-8-36(26(32)2)46-40-38-29(9-13-44-40)19-27(21-45-38)22-48-16-12-30(50)23-48)5-3-7-33(25)37-20-34-39(54-37)35(43)24-49(41(34)51)18-17-47-14-10-28(11-15-47)42(52)53/h3-9,13,19-21,24,28,30,50H,10-12,14-18,22-23H2,1-2H3,(H,44,46)(H,52,53)/t30-/m1/s1. The van der Waals surface area contributed by atoms with Crippen LogP contribution in [0.15, 0.2) is 82.4 Å². The van der Waals surface area contributed by atoms with E-state index in [-0.39, 0.29) is 35.1 Å². The number of hydrogen-bond acceptors (Lipinski definition) is 9. The van der Waals surface area contributed by atoms with Gasteiger partial charge in [0, 0.05) is 68.0 Å². The highest BCUT2D eigenvalue weighted by Gasteiger charge is 2.25. The predicted molar refractivity (Wildman–Crippen MR) is 206 cm³/mol. The number of likely N-dealkylation sites (tertiary alicyclic amines) is 2. The zero-order chi connectivity index (χ0) is 37.5. The Morgan fingerprint density at radius 3 is 2.44 bits per heavy atom. The third kappa shape index (κ3) is 7.00. The number of carboxylic acid groups (broad SMARTS) is 1. The van der Waals surface area contributed by atoms with Crippen molar-refractivity contribution < 1.29 is 23.8 Å². The molecule has 3 N–H and O–H groups in total. The summed E-state index contributed by atoms with van der Waals surface area (Å²) in [6.07, 6.45) is 6.52. The lowest BCUT2D eigenvalue weighted by atomic mass is 9.92. The van der Waals surface area contributed by atoms with Gasteiger partial charge in [-0.1, -0.05) is 30.3 Å². The minimum absolute atomic E-state index is 0.0705. The number of nitrogens with one attached hydrogen (secondary N) is 1. The molecule has 0 saturated carbocycles. The molecule has 11 nitrogen and oxygen atoms in total. The largest absolute Gasteiger partial charge is 0.481 e. The molecule has 2 aliphatic heterocycles. The number of pyridine rings is 3. The number of rotatable bonds is 10. The summed E-state index contributed by atoms with van der Waals surface area (Å²) >= 11 is 0. The zero-order valence-corrected chi connectivity index (χ0v) is 30.4. The Balaban J connectivity index is 1.04. The number of hydrogen-bond donors (Lipinski definition) is 3. The highest BCUT2D eigenvalue weighted by atomic mass is 19.1. The van der Waals surface area contributed by atoms with E-state index < -0.39 is 11.8 Å². The number of aromatic nitrogens is 3. The average Bonchev–Trinajstić information content (AvgIpc) is 3.80. The molecule has 2 aromatic carbocycles. The number of carbonyl (C=O) groups is 1. The lowest BCUT2D eigenvalue weighted by molar-refractivity contribution is -0.143. The second-order valence-electron chi connectivity index (χ2n) is 14.6. The van der Waals surface area contributed by atoms with Gasteiger partial charge in [-0.25, -0.2) is 9.37 Å². The summed E-state index contributed by atoms with van der Waals surface area (Å²) in [5.41, 5.74) is 6.99. The summed E-state index contributed by atoms with van der Waals surface area (Å²) in [6.45, 7) is 8.41. The smallest absolute Gasteiger partial charge is 0.306 e. The first kappa shape index (κ1) is 35.6. The predicted octanol–water partition coefficient (Wildman–Crippen LogP) is 6.73. The molecule has 4 aromatic heterocycles. The monoisotopic (exact) mass is 730 g/mol. The number of benzene rings is 2. The van der Waals surface area contributed by atoms with Gasteiger partial charge in [0.05, 0.1) is 17.4 Å². The average molecular weight is 731 g/mol. The topological polar surface area (TPSA) is 137 Å². The van der Waals surface area contributed by atoms with Crippen LogP contribution in [-0.4, -0.2) is 79.3 Å². The first-order chi connectivity index (χ1) is 26.1. The normalized spacial score (nSPS) is 17.1. The number of anilines is 2. The van der Waals surface area contributed by atoms with Crippen molar-refractivity contribution in [2.24, 2.45) is 5.92 Å².